The summed E-state index contributed by atoms with van der Waals surface area (Å²) in [7, 11) is 0. The minimum atomic E-state index is -1.22. The number of hydrogen-bond donors (Lipinski definition) is 0. The Kier molecular flexibility index (Phi) is 8.83. The third-order valence-corrected chi connectivity index (χ3v) is 10.1. The maximum atomic E-state index is 13.9. The van der Waals surface area contributed by atoms with Crippen LogP contribution in [0.5, 0.6) is 0 Å². The van der Waals surface area contributed by atoms with E-state index in [-0.39, 0.29) is 38.1 Å². The molecule has 190 valence electrons. The van der Waals surface area contributed by atoms with Gasteiger partial charge in [0, 0.05) is 26.1 Å². The highest BCUT2D eigenvalue weighted by Gasteiger charge is 2.56. The molecule has 0 aromatic heterocycles. The maximum absolute atomic E-state index is 13.9. The second kappa shape index (κ2) is 11.5. The molecule has 0 bridgehead atoms. The number of amides is 3. The van der Waals surface area contributed by atoms with Crippen molar-refractivity contribution in [3.05, 3.63) is 69.7 Å². The Morgan fingerprint density at radius 2 is 1.50 bits per heavy atom. The summed E-state index contributed by atoms with van der Waals surface area (Å²) < 4.78 is 0. The fourth-order valence-corrected chi connectivity index (χ4v) is 6.48. The molecule has 1 heterocycles. The van der Waals surface area contributed by atoms with Gasteiger partial charge in [0.15, 0.2) is 5.78 Å². The molecule has 1 saturated heterocycles. The predicted octanol–water partition coefficient (Wildman–Crippen LogP) is 6.15. The van der Waals surface area contributed by atoms with Gasteiger partial charge in [0.1, 0.15) is 6.04 Å². The molecule has 1 saturated carbocycles. The van der Waals surface area contributed by atoms with Crippen LogP contribution in [-0.2, 0) is 9.59 Å². The minimum Gasteiger partial charge on any atom is -0.292 e. The van der Waals surface area contributed by atoms with Crippen LogP contribution in [-0.4, -0.2) is 55.1 Å². The van der Waals surface area contributed by atoms with Crippen LogP contribution in [0.15, 0.2) is 48.5 Å². The molecule has 3 amide bonds. The summed E-state index contributed by atoms with van der Waals surface area (Å²) in [5.74, 6) is -3.45. The molecular formula is C25H21Br2Cl3N2O4. The largest absolute Gasteiger partial charge is 0.292 e. The van der Waals surface area contributed by atoms with Crippen molar-refractivity contribution >= 4 is 90.2 Å². The van der Waals surface area contributed by atoms with Gasteiger partial charge in [-0.25, -0.2) is 5.01 Å². The smallest absolute Gasteiger partial charge is 0.275 e. The summed E-state index contributed by atoms with van der Waals surface area (Å²) in [5.41, 5.74) is 0.332. The molecule has 11 heteroatoms. The van der Waals surface area contributed by atoms with Gasteiger partial charge in [-0.3, -0.25) is 19.2 Å². The van der Waals surface area contributed by atoms with Crippen molar-refractivity contribution in [1.29, 1.82) is 0 Å². The number of hydrogen-bond acceptors (Lipinski definition) is 4. The van der Waals surface area contributed by atoms with Crippen LogP contribution < -0.4 is 0 Å². The van der Waals surface area contributed by atoms with Gasteiger partial charge in [0.05, 0.1) is 22.4 Å². The lowest BCUT2D eigenvalue weighted by Gasteiger charge is -2.36. The Morgan fingerprint density at radius 3 is 2.03 bits per heavy atom. The van der Waals surface area contributed by atoms with Gasteiger partial charge < -0.3 is 0 Å². The number of carbonyl (C=O) groups is 4. The van der Waals surface area contributed by atoms with E-state index >= 15 is 0 Å². The first-order valence-electron chi connectivity index (χ1n) is 11.2. The van der Waals surface area contributed by atoms with E-state index in [1.54, 1.807) is 24.3 Å². The van der Waals surface area contributed by atoms with Gasteiger partial charge in [-0.15, -0.1) is 11.6 Å². The Bertz CT molecular complexity index is 1170. The number of carbonyl (C=O) groups excluding carboxylic acids is 4. The maximum Gasteiger partial charge on any atom is 0.275 e. The third-order valence-electron chi connectivity index (χ3n) is 6.53. The van der Waals surface area contributed by atoms with E-state index in [1.165, 1.54) is 24.3 Å². The van der Waals surface area contributed by atoms with Crippen LogP contribution in [0.2, 0.25) is 10.0 Å². The fourth-order valence-electron chi connectivity index (χ4n) is 4.69. The van der Waals surface area contributed by atoms with Crippen molar-refractivity contribution in [1.82, 2.24) is 10.0 Å². The molecule has 0 spiro atoms. The summed E-state index contributed by atoms with van der Waals surface area (Å²) in [5, 5.41) is 2.40. The van der Waals surface area contributed by atoms with Crippen LogP contribution >= 0.6 is 66.7 Å². The Balaban J connectivity index is 1.82. The fraction of sp³-hybridized carbons (Fsp3) is 0.360. The van der Waals surface area contributed by atoms with E-state index in [4.69, 9.17) is 34.8 Å². The van der Waals surface area contributed by atoms with Gasteiger partial charge in [-0.05, 0) is 55.7 Å². The lowest BCUT2D eigenvalue weighted by Crippen LogP contribution is -2.57. The lowest BCUT2D eigenvalue weighted by molar-refractivity contribution is -0.156. The Morgan fingerprint density at radius 1 is 0.944 bits per heavy atom. The number of benzene rings is 2. The van der Waals surface area contributed by atoms with Crippen molar-refractivity contribution in [3.8, 4) is 0 Å². The quantitative estimate of drug-likeness (QED) is 0.200. The summed E-state index contributed by atoms with van der Waals surface area (Å²) >= 11 is 25.5. The molecule has 2 aromatic rings. The van der Waals surface area contributed by atoms with Gasteiger partial charge >= 0.3 is 0 Å². The number of hydrazine groups is 1. The number of rotatable bonds is 7. The Hall–Kier alpha value is -1.45. The molecule has 1 aliphatic heterocycles. The standard InChI is InChI=1S/C25H21Br2Cl3N2O4/c26-18-11-16-17(12-19(18)27)25(36)32(24(16)35)31(23(34)15-3-1-2-4-20(15)30)21(9-10-28)22(33)13-5-7-14(29)8-6-13/h1-8,16-19,21H,9-12H2/t16-,17+,18+,19-,21-/m0/s1. The van der Waals surface area contributed by atoms with Gasteiger partial charge in [-0.1, -0.05) is 67.2 Å². The Labute approximate surface area is 240 Å². The molecule has 36 heavy (non-hydrogen) atoms. The van der Waals surface area contributed by atoms with Crippen molar-refractivity contribution in [2.24, 2.45) is 11.8 Å². The van der Waals surface area contributed by atoms with Gasteiger partial charge in [0.2, 0.25) is 0 Å². The zero-order chi connectivity index (χ0) is 26.1. The van der Waals surface area contributed by atoms with E-state index < -0.39 is 41.4 Å². The van der Waals surface area contributed by atoms with Crippen molar-refractivity contribution in [2.45, 2.75) is 35.0 Å². The minimum absolute atomic E-state index is 0.00627. The van der Waals surface area contributed by atoms with E-state index in [9.17, 15) is 19.2 Å². The highest BCUT2D eigenvalue weighted by molar-refractivity contribution is 9.12. The van der Waals surface area contributed by atoms with Crippen molar-refractivity contribution < 1.29 is 19.2 Å². The highest BCUT2D eigenvalue weighted by atomic mass is 79.9. The van der Waals surface area contributed by atoms with E-state index in [1.807, 2.05) is 0 Å². The SMILES string of the molecule is O=C(c1ccc(Cl)cc1)[C@H](CCCl)N(C(=O)c1ccccc1Cl)N1C(=O)[C@H]2C[C@@H](Br)[C@@H](Br)C[C@H]2C1=O. The lowest BCUT2D eigenvalue weighted by atomic mass is 9.81. The second-order valence-corrected chi connectivity index (χ2v) is 12.3. The monoisotopic (exact) mass is 676 g/mol. The second-order valence-electron chi connectivity index (χ2n) is 8.70. The first kappa shape index (κ1) is 27.6. The van der Waals surface area contributed by atoms with E-state index in [0.717, 1.165) is 10.0 Å². The molecule has 4 rings (SSSR count). The average molecular weight is 680 g/mol. The predicted molar refractivity (Wildman–Crippen MR) is 146 cm³/mol. The number of fused-ring (bicyclic) bond motifs is 1. The van der Waals surface area contributed by atoms with Crippen LogP contribution in [0.25, 0.3) is 0 Å². The average Bonchev–Trinajstić information content (AvgIpc) is 3.08. The van der Waals surface area contributed by atoms with Gasteiger partial charge in [-0.2, -0.15) is 5.01 Å². The van der Waals surface area contributed by atoms with Crippen LogP contribution in [0, 0.1) is 11.8 Å². The molecule has 2 fully saturated rings. The van der Waals surface area contributed by atoms with Crippen LogP contribution in [0.3, 0.4) is 0 Å². The zero-order valence-corrected chi connectivity index (χ0v) is 24.2. The summed E-state index contributed by atoms with van der Waals surface area (Å²) in [4.78, 5) is 54.9. The summed E-state index contributed by atoms with van der Waals surface area (Å²) in [6.45, 7) is 0. The summed E-state index contributed by atoms with van der Waals surface area (Å²) in [6.07, 6.45) is 0.843. The molecule has 0 radical (unpaired) electrons. The van der Waals surface area contributed by atoms with Gasteiger partial charge in [0.25, 0.3) is 17.7 Å². The molecule has 2 aliphatic rings. The van der Waals surface area contributed by atoms with Crippen molar-refractivity contribution in [2.75, 3.05) is 5.88 Å². The molecular weight excluding hydrogens is 658 g/mol. The number of alkyl halides is 3. The molecule has 1 aliphatic carbocycles. The first-order valence-corrected chi connectivity index (χ1v) is 14.4. The van der Waals surface area contributed by atoms with E-state index in [2.05, 4.69) is 31.9 Å². The number of ketones is 1. The highest BCUT2D eigenvalue weighted by Crippen LogP contribution is 2.44. The zero-order valence-electron chi connectivity index (χ0n) is 18.8. The topological polar surface area (TPSA) is 74.8 Å². The number of halogens is 5. The molecule has 0 unspecified atom stereocenters. The van der Waals surface area contributed by atoms with Crippen molar-refractivity contribution in [3.63, 3.8) is 0 Å². The number of Topliss-reactive ketones (excluding diaryl/α,β-unsaturated/α-hetero) is 1. The molecule has 6 nitrogen and oxygen atoms in total. The number of nitrogens with zero attached hydrogens (tertiary/aromatic N) is 2. The summed E-state index contributed by atoms with van der Waals surface area (Å²) in [6, 6.07) is 11.2. The van der Waals surface area contributed by atoms with E-state index in [0.29, 0.717) is 17.9 Å². The molecule has 2 aromatic carbocycles. The molecule has 5 atom stereocenters. The first-order chi connectivity index (χ1) is 17.1. The van der Waals surface area contributed by atoms with Crippen LogP contribution in [0.1, 0.15) is 40.0 Å². The van der Waals surface area contributed by atoms with Crippen LogP contribution in [0.4, 0.5) is 0 Å². The molecule has 0 N–H and O–H groups in total. The number of imide groups is 1. The third kappa shape index (κ3) is 5.25. The normalized spacial score (nSPS) is 24.4.